The van der Waals surface area contributed by atoms with E-state index >= 15 is 0 Å². The number of likely N-dealkylation sites (tertiary alicyclic amines) is 1. The number of hydrogen-bond donors (Lipinski definition) is 1. The first-order valence-electron chi connectivity index (χ1n) is 6.19. The van der Waals surface area contributed by atoms with Crippen LogP contribution in [0.5, 0.6) is 0 Å². The molecular formula is C13H20BrN3. The van der Waals surface area contributed by atoms with Crippen molar-refractivity contribution in [1.82, 2.24) is 9.88 Å². The van der Waals surface area contributed by atoms with Gasteiger partial charge in [0, 0.05) is 6.54 Å². The molecule has 17 heavy (non-hydrogen) atoms. The van der Waals surface area contributed by atoms with Crippen molar-refractivity contribution in [3.63, 3.8) is 0 Å². The van der Waals surface area contributed by atoms with Gasteiger partial charge in [-0.05, 0) is 73.4 Å². The smallest absolute Gasteiger partial charge is 0.109 e. The molecular weight excluding hydrogens is 278 g/mol. The molecule has 0 atom stereocenters. The number of nitrogens with one attached hydrogen (secondary N) is 1. The summed E-state index contributed by atoms with van der Waals surface area (Å²) in [6.45, 7) is 5.59. The molecule has 1 saturated heterocycles. The number of halogens is 1. The topological polar surface area (TPSA) is 28.2 Å². The fraction of sp³-hybridized carbons (Fsp3) is 0.615. The van der Waals surface area contributed by atoms with Crippen molar-refractivity contribution in [1.29, 1.82) is 0 Å². The van der Waals surface area contributed by atoms with Gasteiger partial charge in [-0.2, -0.15) is 0 Å². The molecule has 2 heterocycles. The van der Waals surface area contributed by atoms with Gasteiger partial charge in [-0.25, -0.2) is 4.98 Å². The Labute approximate surface area is 112 Å². The Bertz CT molecular complexity index is 373. The molecule has 1 aromatic rings. The third kappa shape index (κ3) is 3.68. The standard InChI is InChI=1S/C13H20BrN3/c1-10-7-12(9-16-13(10)14)15-8-11-3-5-17(2)6-4-11/h7,9,11,15H,3-6,8H2,1-2H3. The summed E-state index contributed by atoms with van der Waals surface area (Å²) in [7, 11) is 2.20. The number of hydrogen-bond acceptors (Lipinski definition) is 3. The molecule has 1 aliphatic rings. The lowest BCUT2D eigenvalue weighted by Gasteiger charge is -2.29. The Kier molecular flexibility index (Phi) is 4.40. The summed E-state index contributed by atoms with van der Waals surface area (Å²) < 4.78 is 0.933. The van der Waals surface area contributed by atoms with Crippen LogP contribution < -0.4 is 5.32 Å². The van der Waals surface area contributed by atoms with Gasteiger partial charge in [0.15, 0.2) is 0 Å². The molecule has 0 amide bonds. The van der Waals surface area contributed by atoms with E-state index in [2.05, 4.69) is 51.2 Å². The Morgan fingerprint density at radius 1 is 1.47 bits per heavy atom. The highest BCUT2D eigenvalue weighted by molar-refractivity contribution is 9.10. The van der Waals surface area contributed by atoms with E-state index in [1.54, 1.807) is 0 Å². The summed E-state index contributed by atoms with van der Waals surface area (Å²) in [5, 5.41) is 3.50. The third-order valence-electron chi connectivity index (χ3n) is 3.45. The number of anilines is 1. The van der Waals surface area contributed by atoms with Crippen LogP contribution in [0.1, 0.15) is 18.4 Å². The van der Waals surface area contributed by atoms with Gasteiger partial charge >= 0.3 is 0 Å². The second kappa shape index (κ2) is 5.83. The maximum absolute atomic E-state index is 4.30. The first-order valence-corrected chi connectivity index (χ1v) is 6.99. The zero-order chi connectivity index (χ0) is 12.3. The summed E-state index contributed by atoms with van der Waals surface area (Å²) in [6, 6.07) is 2.14. The van der Waals surface area contributed by atoms with Gasteiger partial charge in [0.25, 0.3) is 0 Å². The monoisotopic (exact) mass is 297 g/mol. The molecule has 4 heteroatoms. The fourth-order valence-electron chi connectivity index (χ4n) is 2.18. The van der Waals surface area contributed by atoms with Crippen LogP contribution in [0.3, 0.4) is 0 Å². The Morgan fingerprint density at radius 2 is 2.18 bits per heavy atom. The average molecular weight is 298 g/mol. The number of nitrogens with zero attached hydrogens (tertiary/aromatic N) is 2. The molecule has 1 aromatic heterocycles. The molecule has 0 spiro atoms. The zero-order valence-corrected chi connectivity index (χ0v) is 12.1. The first kappa shape index (κ1) is 12.8. The van der Waals surface area contributed by atoms with Gasteiger partial charge in [-0.15, -0.1) is 0 Å². The van der Waals surface area contributed by atoms with Gasteiger partial charge in [0.1, 0.15) is 4.60 Å². The molecule has 0 radical (unpaired) electrons. The van der Waals surface area contributed by atoms with Gasteiger partial charge < -0.3 is 10.2 Å². The van der Waals surface area contributed by atoms with Crippen molar-refractivity contribution in [2.24, 2.45) is 5.92 Å². The highest BCUT2D eigenvalue weighted by Gasteiger charge is 2.16. The minimum Gasteiger partial charge on any atom is -0.384 e. The van der Waals surface area contributed by atoms with E-state index in [0.717, 1.165) is 22.8 Å². The lowest BCUT2D eigenvalue weighted by atomic mass is 9.97. The predicted octanol–water partition coefficient (Wildman–Crippen LogP) is 2.91. The van der Waals surface area contributed by atoms with Gasteiger partial charge in [-0.3, -0.25) is 0 Å². The highest BCUT2D eigenvalue weighted by atomic mass is 79.9. The molecule has 0 unspecified atom stereocenters. The SMILES string of the molecule is Cc1cc(NCC2CCN(C)CC2)cnc1Br. The molecule has 94 valence electrons. The van der Waals surface area contributed by atoms with E-state index < -0.39 is 0 Å². The molecule has 0 bridgehead atoms. The van der Waals surface area contributed by atoms with E-state index in [9.17, 15) is 0 Å². The van der Waals surface area contributed by atoms with Crippen molar-refractivity contribution in [2.45, 2.75) is 19.8 Å². The molecule has 3 nitrogen and oxygen atoms in total. The van der Waals surface area contributed by atoms with Crippen LogP contribution >= 0.6 is 15.9 Å². The number of piperidine rings is 1. The minimum atomic E-state index is 0.801. The van der Waals surface area contributed by atoms with Crippen LogP contribution in [0.2, 0.25) is 0 Å². The second-order valence-electron chi connectivity index (χ2n) is 4.96. The summed E-state index contributed by atoms with van der Waals surface area (Å²) in [4.78, 5) is 6.70. The van der Waals surface area contributed by atoms with Crippen molar-refractivity contribution in [2.75, 3.05) is 32.0 Å². The lowest BCUT2D eigenvalue weighted by Crippen LogP contribution is -2.32. The fourth-order valence-corrected chi connectivity index (χ4v) is 2.40. The maximum Gasteiger partial charge on any atom is 0.109 e. The number of pyridine rings is 1. The van der Waals surface area contributed by atoms with E-state index in [1.165, 1.54) is 31.5 Å². The van der Waals surface area contributed by atoms with E-state index in [4.69, 9.17) is 0 Å². The predicted molar refractivity (Wildman–Crippen MR) is 75.4 cm³/mol. The van der Waals surface area contributed by atoms with Crippen LogP contribution in [0.25, 0.3) is 0 Å². The van der Waals surface area contributed by atoms with E-state index in [-0.39, 0.29) is 0 Å². The zero-order valence-electron chi connectivity index (χ0n) is 10.5. The van der Waals surface area contributed by atoms with Gasteiger partial charge in [-0.1, -0.05) is 0 Å². The second-order valence-corrected chi connectivity index (χ2v) is 5.71. The van der Waals surface area contributed by atoms with Crippen LogP contribution in [-0.4, -0.2) is 36.6 Å². The Balaban J connectivity index is 1.83. The van der Waals surface area contributed by atoms with Crippen LogP contribution in [0, 0.1) is 12.8 Å². The molecule has 0 saturated carbocycles. The molecule has 0 aromatic carbocycles. The maximum atomic E-state index is 4.30. The van der Waals surface area contributed by atoms with Crippen molar-refractivity contribution < 1.29 is 0 Å². The van der Waals surface area contributed by atoms with Crippen molar-refractivity contribution in [3.05, 3.63) is 22.4 Å². The molecule has 1 aliphatic heterocycles. The highest BCUT2D eigenvalue weighted by Crippen LogP contribution is 2.19. The van der Waals surface area contributed by atoms with Crippen LogP contribution in [-0.2, 0) is 0 Å². The van der Waals surface area contributed by atoms with Gasteiger partial charge in [0.2, 0.25) is 0 Å². The largest absolute Gasteiger partial charge is 0.384 e. The Morgan fingerprint density at radius 3 is 2.82 bits per heavy atom. The van der Waals surface area contributed by atoms with Crippen LogP contribution in [0.4, 0.5) is 5.69 Å². The summed E-state index contributed by atoms with van der Waals surface area (Å²) in [5.41, 5.74) is 2.31. The molecule has 1 fully saturated rings. The number of rotatable bonds is 3. The average Bonchev–Trinajstić information content (AvgIpc) is 2.33. The van der Waals surface area contributed by atoms with Crippen molar-refractivity contribution in [3.8, 4) is 0 Å². The van der Waals surface area contributed by atoms with Gasteiger partial charge in [0.05, 0.1) is 11.9 Å². The Hall–Kier alpha value is -0.610. The first-order chi connectivity index (χ1) is 8.15. The lowest BCUT2D eigenvalue weighted by molar-refractivity contribution is 0.226. The molecule has 1 N–H and O–H groups in total. The number of aryl methyl sites for hydroxylation is 1. The summed E-state index contributed by atoms with van der Waals surface area (Å²) in [5.74, 6) is 0.801. The third-order valence-corrected chi connectivity index (χ3v) is 4.28. The number of aromatic nitrogens is 1. The minimum absolute atomic E-state index is 0.801. The van der Waals surface area contributed by atoms with E-state index in [0.29, 0.717) is 0 Å². The van der Waals surface area contributed by atoms with Crippen LogP contribution in [0.15, 0.2) is 16.9 Å². The van der Waals surface area contributed by atoms with E-state index in [1.807, 2.05) is 6.20 Å². The summed E-state index contributed by atoms with van der Waals surface area (Å²) in [6.07, 6.45) is 4.49. The molecule has 0 aliphatic carbocycles. The quantitative estimate of drug-likeness (QED) is 0.870. The summed E-state index contributed by atoms with van der Waals surface area (Å²) >= 11 is 3.42. The normalized spacial score (nSPS) is 18.3. The molecule has 2 rings (SSSR count). The van der Waals surface area contributed by atoms with Crippen molar-refractivity contribution >= 4 is 21.6 Å².